The second kappa shape index (κ2) is 7.68. The van der Waals surface area contributed by atoms with Gasteiger partial charge in [-0.15, -0.1) is 0 Å². The van der Waals surface area contributed by atoms with Crippen LogP contribution in [0.5, 0.6) is 11.5 Å². The maximum atomic E-state index is 5.87. The molecule has 0 aliphatic carbocycles. The van der Waals surface area contributed by atoms with Crippen molar-refractivity contribution in [2.75, 3.05) is 20.0 Å². The van der Waals surface area contributed by atoms with Gasteiger partial charge in [0.15, 0.2) is 11.5 Å². The summed E-state index contributed by atoms with van der Waals surface area (Å²) >= 11 is 0. The minimum Gasteiger partial charge on any atom is -0.493 e. The number of aromatic nitrogens is 1. The highest BCUT2D eigenvalue weighted by atomic mass is 16.5. The molecular weight excluding hydrogens is 300 g/mol. The number of nitrogens with two attached hydrogens (primary N) is 1. The molecular formula is C20H24N2O2. The van der Waals surface area contributed by atoms with Crippen LogP contribution in [0.15, 0.2) is 42.5 Å². The molecule has 126 valence electrons. The fourth-order valence-electron chi connectivity index (χ4n) is 2.59. The number of pyridine rings is 1. The average Bonchev–Trinajstić information content (AvgIpc) is 2.62. The highest BCUT2D eigenvalue weighted by molar-refractivity contribution is 5.90. The van der Waals surface area contributed by atoms with Crippen molar-refractivity contribution >= 4 is 16.5 Å². The van der Waals surface area contributed by atoms with Crippen LogP contribution in [0.2, 0.25) is 0 Å². The van der Waals surface area contributed by atoms with E-state index in [9.17, 15) is 0 Å². The molecule has 0 saturated heterocycles. The third-order valence-corrected chi connectivity index (χ3v) is 3.71. The molecule has 0 atom stereocenters. The predicted molar refractivity (Wildman–Crippen MR) is 101 cm³/mol. The van der Waals surface area contributed by atoms with Gasteiger partial charge in [0, 0.05) is 22.3 Å². The molecule has 0 unspecified atom stereocenters. The lowest BCUT2D eigenvalue weighted by Crippen LogP contribution is -1.94. The molecule has 0 spiro atoms. The lowest BCUT2D eigenvalue weighted by molar-refractivity contribution is 0.356. The van der Waals surface area contributed by atoms with Crippen LogP contribution in [0.4, 0.5) is 5.69 Å². The van der Waals surface area contributed by atoms with Gasteiger partial charge in [0.05, 0.1) is 19.9 Å². The summed E-state index contributed by atoms with van der Waals surface area (Å²) in [7, 11) is 3.27. The zero-order chi connectivity index (χ0) is 17.7. The van der Waals surface area contributed by atoms with Gasteiger partial charge < -0.3 is 15.2 Å². The lowest BCUT2D eigenvalue weighted by Gasteiger charge is -2.12. The summed E-state index contributed by atoms with van der Waals surface area (Å²) in [5.74, 6) is 1.41. The van der Waals surface area contributed by atoms with Crippen LogP contribution in [0.3, 0.4) is 0 Å². The van der Waals surface area contributed by atoms with Gasteiger partial charge in [-0.2, -0.15) is 0 Å². The molecule has 1 heterocycles. The maximum absolute atomic E-state index is 5.87. The highest BCUT2D eigenvalue weighted by Gasteiger charge is 2.10. The SMILES string of the molecule is CC.COc1cc2cc(-c3cccc(N)c3)nc(C)c2cc1OC. The fourth-order valence-corrected chi connectivity index (χ4v) is 2.59. The molecule has 4 nitrogen and oxygen atoms in total. The summed E-state index contributed by atoms with van der Waals surface area (Å²) in [5, 5.41) is 2.10. The Morgan fingerprint density at radius 2 is 1.58 bits per heavy atom. The zero-order valence-electron chi connectivity index (χ0n) is 14.9. The zero-order valence-corrected chi connectivity index (χ0v) is 14.9. The van der Waals surface area contributed by atoms with Crippen LogP contribution in [-0.4, -0.2) is 19.2 Å². The normalized spacial score (nSPS) is 10.0. The molecule has 0 aliphatic rings. The Bertz CT molecular complexity index is 844. The Hall–Kier alpha value is -2.75. The van der Waals surface area contributed by atoms with Crippen molar-refractivity contribution in [3.8, 4) is 22.8 Å². The number of nitrogen functional groups attached to an aromatic ring is 1. The summed E-state index contributed by atoms with van der Waals surface area (Å²) < 4.78 is 10.7. The van der Waals surface area contributed by atoms with E-state index in [2.05, 4.69) is 0 Å². The van der Waals surface area contributed by atoms with Crippen molar-refractivity contribution in [3.63, 3.8) is 0 Å². The monoisotopic (exact) mass is 324 g/mol. The predicted octanol–water partition coefficient (Wildman–Crippen LogP) is 4.84. The fraction of sp³-hybridized carbons (Fsp3) is 0.250. The molecule has 2 aromatic carbocycles. The first kappa shape index (κ1) is 17.6. The van der Waals surface area contributed by atoms with Crippen LogP contribution < -0.4 is 15.2 Å². The number of fused-ring (bicyclic) bond motifs is 1. The number of methoxy groups -OCH3 is 2. The van der Waals surface area contributed by atoms with Gasteiger partial charge in [-0.25, -0.2) is 0 Å². The Kier molecular flexibility index (Phi) is 5.64. The minimum absolute atomic E-state index is 0.705. The van der Waals surface area contributed by atoms with E-state index in [0.717, 1.165) is 33.4 Å². The molecule has 3 rings (SSSR count). The molecule has 4 heteroatoms. The molecule has 0 amide bonds. The van der Waals surface area contributed by atoms with Gasteiger partial charge in [0.2, 0.25) is 0 Å². The van der Waals surface area contributed by atoms with Gasteiger partial charge >= 0.3 is 0 Å². The van der Waals surface area contributed by atoms with Gasteiger partial charge in [-0.3, -0.25) is 4.98 Å². The number of aryl methyl sites for hydroxylation is 1. The number of nitrogens with zero attached hydrogens (tertiary/aromatic N) is 1. The second-order valence-electron chi connectivity index (χ2n) is 5.15. The van der Waals surface area contributed by atoms with Crippen LogP contribution in [-0.2, 0) is 0 Å². The number of rotatable bonds is 3. The molecule has 0 radical (unpaired) electrons. The summed E-state index contributed by atoms with van der Waals surface area (Å²) in [6, 6.07) is 13.7. The standard InChI is InChI=1S/C18H18N2O2.C2H6/c1-11-15-10-18(22-3)17(21-2)9-13(15)8-16(20-11)12-5-4-6-14(19)7-12;1-2/h4-10H,19H2,1-3H3;1-2H3. The molecule has 2 N–H and O–H groups in total. The first-order chi connectivity index (χ1) is 11.6. The van der Waals surface area contributed by atoms with E-state index in [1.165, 1.54) is 0 Å². The van der Waals surface area contributed by atoms with Crippen LogP contribution in [0.25, 0.3) is 22.0 Å². The Morgan fingerprint density at radius 3 is 2.21 bits per heavy atom. The smallest absolute Gasteiger partial charge is 0.161 e. The van der Waals surface area contributed by atoms with Crippen LogP contribution >= 0.6 is 0 Å². The van der Waals surface area contributed by atoms with Gasteiger partial charge in [0.1, 0.15) is 0 Å². The van der Waals surface area contributed by atoms with Crippen molar-refractivity contribution in [1.29, 1.82) is 0 Å². The Morgan fingerprint density at radius 1 is 0.917 bits per heavy atom. The van der Waals surface area contributed by atoms with Crippen LogP contribution in [0.1, 0.15) is 19.5 Å². The van der Waals surface area contributed by atoms with Gasteiger partial charge in [0.25, 0.3) is 0 Å². The Balaban J connectivity index is 0.00000100. The summed E-state index contributed by atoms with van der Waals surface area (Å²) in [6.07, 6.45) is 0. The van der Waals surface area contributed by atoms with E-state index in [4.69, 9.17) is 20.2 Å². The number of hydrogen-bond donors (Lipinski definition) is 1. The molecule has 1 aromatic heterocycles. The van der Waals surface area contributed by atoms with E-state index in [-0.39, 0.29) is 0 Å². The van der Waals surface area contributed by atoms with Crippen molar-refractivity contribution < 1.29 is 9.47 Å². The van der Waals surface area contributed by atoms with E-state index in [1.54, 1.807) is 14.2 Å². The Labute approximate surface area is 143 Å². The lowest BCUT2D eigenvalue weighted by atomic mass is 10.0. The largest absolute Gasteiger partial charge is 0.493 e. The number of benzene rings is 2. The van der Waals surface area contributed by atoms with E-state index >= 15 is 0 Å². The molecule has 24 heavy (non-hydrogen) atoms. The van der Waals surface area contributed by atoms with E-state index < -0.39 is 0 Å². The first-order valence-corrected chi connectivity index (χ1v) is 8.01. The molecule has 0 aliphatic heterocycles. The van der Waals surface area contributed by atoms with E-state index in [0.29, 0.717) is 11.5 Å². The number of ether oxygens (including phenoxy) is 2. The summed E-state index contributed by atoms with van der Waals surface area (Å²) in [5.41, 5.74) is 9.43. The number of hydrogen-bond acceptors (Lipinski definition) is 4. The van der Waals surface area contributed by atoms with E-state index in [1.807, 2.05) is 63.2 Å². The van der Waals surface area contributed by atoms with Gasteiger partial charge in [-0.1, -0.05) is 26.0 Å². The average molecular weight is 324 g/mol. The molecule has 0 saturated carbocycles. The maximum Gasteiger partial charge on any atom is 0.161 e. The minimum atomic E-state index is 0.705. The molecule has 0 fully saturated rings. The summed E-state index contributed by atoms with van der Waals surface area (Å²) in [6.45, 7) is 5.99. The van der Waals surface area contributed by atoms with Gasteiger partial charge in [-0.05, 0) is 42.6 Å². The summed E-state index contributed by atoms with van der Waals surface area (Å²) in [4.78, 5) is 4.69. The van der Waals surface area contributed by atoms with Crippen molar-refractivity contribution in [1.82, 2.24) is 4.98 Å². The highest BCUT2D eigenvalue weighted by Crippen LogP contribution is 2.35. The van der Waals surface area contributed by atoms with Crippen molar-refractivity contribution in [2.45, 2.75) is 20.8 Å². The second-order valence-corrected chi connectivity index (χ2v) is 5.15. The van der Waals surface area contributed by atoms with Crippen LogP contribution in [0, 0.1) is 6.92 Å². The van der Waals surface area contributed by atoms with Crippen molar-refractivity contribution in [2.24, 2.45) is 0 Å². The quantitative estimate of drug-likeness (QED) is 0.701. The first-order valence-electron chi connectivity index (χ1n) is 8.01. The third-order valence-electron chi connectivity index (χ3n) is 3.71. The topological polar surface area (TPSA) is 57.4 Å². The molecule has 0 bridgehead atoms. The van der Waals surface area contributed by atoms with Crippen molar-refractivity contribution in [3.05, 3.63) is 48.2 Å². The number of anilines is 1. The third kappa shape index (κ3) is 3.43. The molecule has 3 aromatic rings.